The highest BCUT2D eigenvalue weighted by Crippen LogP contribution is 2.27. The fourth-order valence-corrected chi connectivity index (χ4v) is 3.80. The topological polar surface area (TPSA) is 78.0 Å². The van der Waals surface area contributed by atoms with Crippen molar-refractivity contribution in [1.82, 2.24) is 9.55 Å². The van der Waals surface area contributed by atoms with Crippen LogP contribution in [0, 0.1) is 5.92 Å². The minimum atomic E-state index is -0.254. The van der Waals surface area contributed by atoms with Gasteiger partial charge < -0.3 is 5.73 Å². The van der Waals surface area contributed by atoms with E-state index in [1.807, 2.05) is 0 Å². The standard InChI is InChI=1S/C17H19BrClN3O2/c18-13-7-16-12(6-14(13)19)17(24)22(9-21-16)8-11(23)5-10-3-1-2-4-15(10)20/h6-7,9-10,15H,1-5,8,20H2/t10-,15+/m0/s1. The van der Waals surface area contributed by atoms with Gasteiger partial charge in [-0.1, -0.05) is 24.4 Å². The van der Waals surface area contributed by atoms with Crippen molar-refractivity contribution in [2.24, 2.45) is 11.7 Å². The molecule has 1 heterocycles. The summed E-state index contributed by atoms with van der Waals surface area (Å²) < 4.78 is 2.03. The molecule has 0 amide bonds. The summed E-state index contributed by atoms with van der Waals surface area (Å²) in [7, 11) is 0. The zero-order valence-electron chi connectivity index (χ0n) is 13.2. The van der Waals surface area contributed by atoms with Crippen LogP contribution in [0.15, 0.2) is 27.7 Å². The van der Waals surface area contributed by atoms with Crippen LogP contribution in [-0.2, 0) is 11.3 Å². The van der Waals surface area contributed by atoms with Gasteiger partial charge in [-0.15, -0.1) is 0 Å². The summed E-state index contributed by atoms with van der Waals surface area (Å²) >= 11 is 9.37. The lowest BCUT2D eigenvalue weighted by molar-refractivity contribution is -0.121. The van der Waals surface area contributed by atoms with Crippen LogP contribution >= 0.6 is 27.5 Å². The average molecular weight is 413 g/mol. The van der Waals surface area contributed by atoms with E-state index in [2.05, 4.69) is 20.9 Å². The van der Waals surface area contributed by atoms with Gasteiger partial charge in [-0.05, 0) is 46.8 Å². The van der Waals surface area contributed by atoms with Gasteiger partial charge in [0.15, 0.2) is 5.78 Å². The predicted octanol–water partition coefficient (Wildman–Crippen LogP) is 3.29. The Kier molecular flexibility index (Phi) is 5.37. The molecule has 128 valence electrons. The van der Waals surface area contributed by atoms with Gasteiger partial charge in [0.2, 0.25) is 0 Å². The summed E-state index contributed by atoms with van der Waals surface area (Å²) in [5.74, 6) is 0.240. The highest BCUT2D eigenvalue weighted by Gasteiger charge is 2.24. The number of nitrogens with zero attached hydrogens (tertiary/aromatic N) is 2. The molecule has 1 aliphatic rings. The van der Waals surface area contributed by atoms with Crippen LogP contribution in [0.1, 0.15) is 32.1 Å². The van der Waals surface area contributed by atoms with Crippen LogP contribution < -0.4 is 11.3 Å². The third-order valence-electron chi connectivity index (χ3n) is 4.67. The molecule has 0 bridgehead atoms. The molecule has 1 fully saturated rings. The first-order valence-electron chi connectivity index (χ1n) is 8.07. The molecule has 1 saturated carbocycles. The van der Waals surface area contributed by atoms with Crippen molar-refractivity contribution in [1.29, 1.82) is 0 Å². The SMILES string of the molecule is N[C@@H]1CCCC[C@H]1CC(=O)Cn1cnc2cc(Br)c(Cl)cc2c1=O. The Morgan fingerprint density at radius 2 is 2.12 bits per heavy atom. The van der Waals surface area contributed by atoms with Crippen LogP contribution in [0.4, 0.5) is 0 Å². The van der Waals surface area contributed by atoms with Crippen LogP contribution in [0.2, 0.25) is 5.02 Å². The summed E-state index contributed by atoms with van der Waals surface area (Å²) in [4.78, 5) is 29.2. The second kappa shape index (κ2) is 7.33. The number of halogens is 2. The molecule has 2 atom stereocenters. The summed E-state index contributed by atoms with van der Waals surface area (Å²) in [6.45, 7) is 0.0265. The summed E-state index contributed by atoms with van der Waals surface area (Å²) in [5, 5.41) is 0.853. The molecule has 24 heavy (non-hydrogen) atoms. The molecule has 0 spiro atoms. The average Bonchev–Trinajstić information content (AvgIpc) is 2.54. The van der Waals surface area contributed by atoms with E-state index in [0.717, 1.165) is 25.7 Å². The molecule has 0 aliphatic heterocycles. The number of benzene rings is 1. The van der Waals surface area contributed by atoms with Gasteiger partial charge in [-0.25, -0.2) is 4.98 Å². The molecule has 5 nitrogen and oxygen atoms in total. The maximum atomic E-state index is 12.6. The number of Topliss-reactive ketones (excluding diaryl/α,β-unsaturated/α-hetero) is 1. The molecule has 0 unspecified atom stereocenters. The van der Waals surface area contributed by atoms with Gasteiger partial charge in [0.05, 0.1) is 28.8 Å². The lowest BCUT2D eigenvalue weighted by Gasteiger charge is -2.27. The molecule has 0 saturated heterocycles. The lowest BCUT2D eigenvalue weighted by atomic mass is 9.82. The van der Waals surface area contributed by atoms with E-state index >= 15 is 0 Å². The molecule has 2 aromatic rings. The normalized spacial score (nSPS) is 21.1. The molecule has 7 heteroatoms. The lowest BCUT2D eigenvalue weighted by Crippen LogP contribution is -2.35. The third-order valence-corrected chi connectivity index (χ3v) is 5.87. The fourth-order valence-electron chi connectivity index (χ4n) is 3.30. The number of rotatable bonds is 4. The van der Waals surface area contributed by atoms with Gasteiger partial charge >= 0.3 is 0 Å². The number of aromatic nitrogens is 2. The largest absolute Gasteiger partial charge is 0.327 e. The van der Waals surface area contributed by atoms with Crippen LogP contribution in [0.5, 0.6) is 0 Å². The monoisotopic (exact) mass is 411 g/mol. The van der Waals surface area contributed by atoms with Crippen molar-refractivity contribution in [2.45, 2.75) is 44.7 Å². The zero-order valence-corrected chi connectivity index (χ0v) is 15.5. The maximum absolute atomic E-state index is 12.6. The molecule has 1 aliphatic carbocycles. The minimum Gasteiger partial charge on any atom is -0.327 e. The second-order valence-electron chi connectivity index (χ2n) is 6.41. The van der Waals surface area contributed by atoms with Crippen molar-refractivity contribution in [3.05, 3.63) is 38.3 Å². The number of hydrogen-bond donors (Lipinski definition) is 1. The minimum absolute atomic E-state index is 0.0174. The number of nitrogens with two attached hydrogens (primary N) is 1. The summed E-state index contributed by atoms with van der Waals surface area (Å²) in [5.41, 5.74) is 6.40. The number of carbonyl (C=O) groups is 1. The Morgan fingerprint density at radius 1 is 1.38 bits per heavy atom. The Bertz CT molecular complexity index is 836. The third kappa shape index (κ3) is 3.71. The van der Waals surface area contributed by atoms with Crippen LogP contribution in [0.25, 0.3) is 10.9 Å². The molecule has 1 aromatic carbocycles. The molecular weight excluding hydrogens is 394 g/mol. The van der Waals surface area contributed by atoms with Gasteiger partial charge in [0, 0.05) is 16.9 Å². The van der Waals surface area contributed by atoms with E-state index in [1.165, 1.54) is 10.9 Å². The number of fused-ring (bicyclic) bond motifs is 1. The first-order valence-corrected chi connectivity index (χ1v) is 9.24. The van der Waals surface area contributed by atoms with Crippen LogP contribution in [0.3, 0.4) is 0 Å². The number of ketones is 1. The van der Waals surface area contributed by atoms with Crippen LogP contribution in [-0.4, -0.2) is 21.4 Å². The highest BCUT2D eigenvalue weighted by atomic mass is 79.9. The van der Waals surface area contributed by atoms with Gasteiger partial charge in [0.1, 0.15) is 0 Å². The Morgan fingerprint density at radius 3 is 2.88 bits per heavy atom. The van der Waals surface area contributed by atoms with Crippen molar-refractivity contribution in [3.8, 4) is 0 Å². The molecule has 2 N–H and O–H groups in total. The predicted molar refractivity (Wildman–Crippen MR) is 98.3 cm³/mol. The van der Waals surface area contributed by atoms with E-state index in [0.29, 0.717) is 26.8 Å². The van der Waals surface area contributed by atoms with Crippen molar-refractivity contribution >= 4 is 44.2 Å². The molecule has 0 radical (unpaired) electrons. The van der Waals surface area contributed by atoms with Crippen molar-refractivity contribution < 1.29 is 4.79 Å². The van der Waals surface area contributed by atoms with Gasteiger partial charge in [-0.2, -0.15) is 0 Å². The van der Waals surface area contributed by atoms with Crippen molar-refractivity contribution in [3.63, 3.8) is 0 Å². The first kappa shape index (κ1) is 17.6. The quantitative estimate of drug-likeness (QED) is 0.836. The molecular formula is C17H19BrClN3O2. The highest BCUT2D eigenvalue weighted by molar-refractivity contribution is 9.10. The Labute approximate surface area is 153 Å². The van der Waals surface area contributed by atoms with E-state index in [-0.39, 0.29) is 29.8 Å². The van der Waals surface area contributed by atoms with Crippen molar-refractivity contribution in [2.75, 3.05) is 0 Å². The van der Waals surface area contributed by atoms with Gasteiger partial charge in [0.25, 0.3) is 5.56 Å². The van der Waals surface area contributed by atoms with Gasteiger partial charge in [-0.3, -0.25) is 14.2 Å². The summed E-state index contributed by atoms with van der Waals surface area (Å²) in [6.07, 6.45) is 6.06. The smallest absolute Gasteiger partial charge is 0.261 e. The first-order chi connectivity index (χ1) is 11.5. The molecule has 3 rings (SSSR count). The summed E-state index contributed by atoms with van der Waals surface area (Å²) in [6, 6.07) is 3.37. The fraction of sp³-hybridized carbons (Fsp3) is 0.471. The number of hydrogen-bond acceptors (Lipinski definition) is 4. The maximum Gasteiger partial charge on any atom is 0.261 e. The van der Waals surface area contributed by atoms with E-state index in [1.54, 1.807) is 12.1 Å². The number of carbonyl (C=O) groups excluding carboxylic acids is 1. The Hall–Kier alpha value is -1.24. The zero-order chi connectivity index (χ0) is 17.3. The second-order valence-corrected chi connectivity index (χ2v) is 7.67. The molecule has 1 aromatic heterocycles. The van der Waals surface area contributed by atoms with E-state index in [9.17, 15) is 9.59 Å². The van der Waals surface area contributed by atoms with E-state index in [4.69, 9.17) is 17.3 Å². The Balaban J connectivity index is 1.79. The van der Waals surface area contributed by atoms with E-state index < -0.39 is 0 Å².